The maximum atomic E-state index is 6.16. The van der Waals surface area contributed by atoms with Gasteiger partial charge in [-0.05, 0) is 55.0 Å². The molecule has 214 valence electrons. The molecule has 0 unspecified atom stereocenters. The molecule has 5 aromatic rings. The highest BCUT2D eigenvalue weighted by molar-refractivity contribution is 7.23. The molecule has 6 rings (SSSR count). The van der Waals surface area contributed by atoms with E-state index >= 15 is 0 Å². The molecule has 1 aliphatic rings. The molecule has 0 saturated carbocycles. The summed E-state index contributed by atoms with van der Waals surface area (Å²) in [7, 11) is 0.629. The Morgan fingerprint density at radius 1 is 0.442 bits per heavy atom. The zero-order valence-corrected chi connectivity index (χ0v) is 26.6. The number of para-hydroxylation sites is 2. The standard InChI is InChI=1S/C40H38O2Si/c1-40(2,3)43(31-23-13-8-14-24-31)38(32-25-15-17-27-34(32)41-4)36(29-19-9-6-10-20-29)37(30-21-11-7-12-22-30)39(43)33-26-16-18-28-35(33)42-5/h6-28H,1-5H3. The van der Waals surface area contributed by atoms with Crippen molar-refractivity contribution in [3.8, 4) is 11.5 Å². The van der Waals surface area contributed by atoms with Gasteiger partial charge < -0.3 is 9.47 Å². The monoisotopic (exact) mass is 578 g/mol. The molecule has 0 saturated heterocycles. The van der Waals surface area contributed by atoms with E-state index in [4.69, 9.17) is 9.47 Å². The van der Waals surface area contributed by atoms with Crippen LogP contribution in [0.4, 0.5) is 0 Å². The van der Waals surface area contributed by atoms with Crippen molar-refractivity contribution >= 4 is 34.8 Å². The van der Waals surface area contributed by atoms with Crippen molar-refractivity contribution in [1.82, 2.24) is 0 Å². The van der Waals surface area contributed by atoms with Crippen molar-refractivity contribution in [2.75, 3.05) is 14.2 Å². The summed E-state index contributed by atoms with van der Waals surface area (Å²) in [5.41, 5.74) is 7.22. The van der Waals surface area contributed by atoms with Crippen molar-refractivity contribution in [1.29, 1.82) is 0 Å². The van der Waals surface area contributed by atoms with E-state index in [1.165, 1.54) is 37.9 Å². The topological polar surface area (TPSA) is 18.5 Å². The third-order valence-electron chi connectivity index (χ3n) is 8.71. The van der Waals surface area contributed by atoms with E-state index in [1.807, 2.05) is 0 Å². The van der Waals surface area contributed by atoms with Gasteiger partial charge in [-0.1, -0.05) is 148 Å². The molecule has 0 radical (unpaired) electrons. The second kappa shape index (κ2) is 11.6. The van der Waals surface area contributed by atoms with Crippen LogP contribution in [0.1, 0.15) is 43.0 Å². The van der Waals surface area contributed by atoms with Crippen LogP contribution in [0.2, 0.25) is 5.04 Å². The third-order valence-corrected chi connectivity index (χ3v) is 14.7. The molecular weight excluding hydrogens is 541 g/mol. The molecule has 0 bridgehead atoms. The minimum absolute atomic E-state index is 0.155. The van der Waals surface area contributed by atoms with Gasteiger partial charge in [0, 0.05) is 11.1 Å². The van der Waals surface area contributed by atoms with Gasteiger partial charge in [0.1, 0.15) is 11.5 Å². The average molecular weight is 579 g/mol. The molecule has 43 heavy (non-hydrogen) atoms. The summed E-state index contributed by atoms with van der Waals surface area (Å²) in [5.74, 6) is 1.77. The molecule has 0 spiro atoms. The second-order valence-electron chi connectivity index (χ2n) is 12.0. The first-order chi connectivity index (χ1) is 20.9. The second-order valence-corrected chi connectivity index (χ2v) is 16.6. The Labute approximate surface area is 257 Å². The Hall–Kier alpha value is -4.60. The van der Waals surface area contributed by atoms with Crippen LogP contribution >= 0.6 is 0 Å². The number of benzene rings is 5. The molecule has 0 aromatic heterocycles. The fourth-order valence-corrected chi connectivity index (χ4v) is 13.5. The highest BCUT2D eigenvalue weighted by atomic mass is 28.3. The quantitative estimate of drug-likeness (QED) is 0.179. The number of hydrogen-bond acceptors (Lipinski definition) is 2. The smallest absolute Gasteiger partial charge is 0.157 e. The van der Waals surface area contributed by atoms with E-state index < -0.39 is 8.07 Å². The van der Waals surface area contributed by atoms with Gasteiger partial charge in [0.15, 0.2) is 8.07 Å². The van der Waals surface area contributed by atoms with Gasteiger partial charge in [-0.2, -0.15) is 0 Å². The van der Waals surface area contributed by atoms with Crippen molar-refractivity contribution in [2.24, 2.45) is 0 Å². The fraction of sp³-hybridized carbons (Fsp3) is 0.150. The van der Waals surface area contributed by atoms with Gasteiger partial charge in [0.25, 0.3) is 0 Å². The first-order valence-corrected chi connectivity index (χ1v) is 16.9. The lowest BCUT2D eigenvalue weighted by atomic mass is 9.89. The molecule has 3 heteroatoms. The minimum atomic E-state index is -2.94. The van der Waals surface area contributed by atoms with Crippen LogP contribution in [0.25, 0.3) is 21.5 Å². The lowest BCUT2D eigenvalue weighted by Crippen LogP contribution is -2.56. The lowest BCUT2D eigenvalue weighted by molar-refractivity contribution is 0.413. The fourth-order valence-electron chi connectivity index (χ4n) is 7.07. The third kappa shape index (κ3) is 4.65. The number of methoxy groups -OCH3 is 2. The van der Waals surface area contributed by atoms with Gasteiger partial charge in [-0.3, -0.25) is 0 Å². The van der Waals surface area contributed by atoms with Crippen LogP contribution in [-0.2, 0) is 0 Å². The molecule has 2 nitrogen and oxygen atoms in total. The SMILES string of the molecule is COc1ccccc1C1=C(c2ccccc2)C(c2ccccc2)=C(c2ccccc2OC)[Si]1(c1ccccc1)C(C)(C)C. The molecular formula is C40H38O2Si. The van der Waals surface area contributed by atoms with Gasteiger partial charge >= 0.3 is 0 Å². The van der Waals surface area contributed by atoms with Crippen molar-refractivity contribution in [3.63, 3.8) is 0 Å². The predicted molar refractivity (Wildman–Crippen MR) is 184 cm³/mol. The molecule has 1 heterocycles. The summed E-state index contributed by atoms with van der Waals surface area (Å²) in [6, 6.07) is 50.1. The Kier molecular flexibility index (Phi) is 7.68. The van der Waals surface area contributed by atoms with Gasteiger partial charge in [-0.25, -0.2) is 0 Å². The Morgan fingerprint density at radius 2 is 0.791 bits per heavy atom. The molecule has 0 aliphatic carbocycles. The van der Waals surface area contributed by atoms with E-state index in [0.29, 0.717) is 0 Å². The molecule has 1 aliphatic heterocycles. The van der Waals surface area contributed by atoms with Crippen molar-refractivity contribution in [2.45, 2.75) is 25.8 Å². The maximum absolute atomic E-state index is 6.16. The minimum Gasteiger partial charge on any atom is -0.496 e. The summed E-state index contributed by atoms with van der Waals surface area (Å²) in [5, 5.41) is 3.95. The Balaban J connectivity index is 1.95. The Morgan fingerprint density at radius 3 is 1.16 bits per heavy atom. The van der Waals surface area contributed by atoms with E-state index in [2.05, 4.69) is 160 Å². The van der Waals surface area contributed by atoms with E-state index in [0.717, 1.165) is 22.6 Å². The molecule has 0 fully saturated rings. The Bertz CT molecular complexity index is 1690. The first-order valence-electron chi connectivity index (χ1n) is 14.9. The zero-order valence-electron chi connectivity index (χ0n) is 25.6. The van der Waals surface area contributed by atoms with Crippen LogP contribution < -0.4 is 14.7 Å². The normalized spacial score (nSPS) is 14.6. The predicted octanol–water partition coefficient (Wildman–Crippen LogP) is 9.47. The van der Waals surface area contributed by atoms with Crippen molar-refractivity contribution < 1.29 is 9.47 Å². The summed E-state index contributed by atoms with van der Waals surface area (Å²) in [6.45, 7) is 7.27. The number of ether oxygens (including phenoxy) is 2. The van der Waals surface area contributed by atoms with E-state index in [9.17, 15) is 0 Å². The molecule has 0 amide bonds. The van der Waals surface area contributed by atoms with Crippen molar-refractivity contribution in [3.05, 3.63) is 162 Å². The summed E-state index contributed by atoms with van der Waals surface area (Å²) < 4.78 is 12.3. The summed E-state index contributed by atoms with van der Waals surface area (Å²) >= 11 is 0. The maximum Gasteiger partial charge on any atom is 0.157 e. The van der Waals surface area contributed by atoms with Crippen LogP contribution in [0.3, 0.4) is 0 Å². The van der Waals surface area contributed by atoms with Gasteiger partial charge in [-0.15, -0.1) is 0 Å². The van der Waals surface area contributed by atoms with Crippen LogP contribution in [-0.4, -0.2) is 22.3 Å². The summed E-state index contributed by atoms with van der Waals surface area (Å²) in [6.07, 6.45) is 0. The van der Waals surface area contributed by atoms with Gasteiger partial charge in [0.2, 0.25) is 0 Å². The average Bonchev–Trinajstić information content (AvgIpc) is 3.39. The molecule has 0 N–H and O–H groups in total. The number of hydrogen-bond donors (Lipinski definition) is 0. The van der Waals surface area contributed by atoms with Gasteiger partial charge in [0.05, 0.1) is 14.2 Å². The molecule has 5 aromatic carbocycles. The van der Waals surface area contributed by atoms with E-state index in [1.54, 1.807) is 14.2 Å². The highest BCUT2D eigenvalue weighted by Crippen LogP contribution is 2.63. The number of rotatable bonds is 7. The summed E-state index contributed by atoms with van der Waals surface area (Å²) in [4.78, 5) is 0. The lowest BCUT2D eigenvalue weighted by Gasteiger charge is -2.46. The highest BCUT2D eigenvalue weighted by Gasteiger charge is 2.59. The van der Waals surface area contributed by atoms with Crippen LogP contribution in [0, 0.1) is 0 Å². The van der Waals surface area contributed by atoms with E-state index in [-0.39, 0.29) is 5.04 Å². The zero-order chi connectivity index (χ0) is 30.0. The molecule has 0 atom stereocenters. The largest absolute Gasteiger partial charge is 0.496 e. The first kappa shape index (κ1) is 28.5. The number of allylic oxidation sites excluding steroid dienone is 2. The van der Waals surface area contributed by atoms with Crippen LogP contribution in [0.5, 0.6) is 11.5 Å². The van der Waals surface area contributed by atoms with Crippen LogP contribution in [0.15, 0.2) is 140 Å².